The molecule has 130 valence electrons. The van der Waals surface area contributed by atoms with Crippen molar-refractivity contribution in [3.05, 3.63) is 24.0 Å². The van der Waals surface area contributed by atoms with Crippen molar-refractivity contribution in [1.29, 1.82) is 0 Å². The molecule has 1 aromatic carbocycles. The molecule has 2 N–H and O–H groups in total. The number of halogens is 1. The van der Waals surface area contributed by atoms with Gasteiger partial charge in [0.2, 0.25) is 20.0 Å². The second-order valence-electron chi connectivity index (χ2n) is 5.37. The van der Waals surface area contributed by atoms with Gasteiger partial charge in [0.1, 0.15) is 5.82 Å². The number of rotatable bonds is 5. The molecule has 0 bridgehead atoms. The predicted molar refractivity (Wildman–Crippen MR) is 85.7 cm³/mol. The largest absolute Gasteiger partial charge is 0.312 e. The smallest absolute Gasteiger partial charge is 0.243 e. The second-order valence-corrected chi connectivity index (χ2v) is 9.31. The zero-order valence-corrected chi connectivity index (χ0v) is 14.5. The fourth-order valence-electron chi connectivity index (χ4n) is 2.24. The first kappa shape index (κ1) is 18.1. The third-order valence-electron chi connectivity index (χ3n) is 3.56. The Morgan fingerprint density at radius 3 is 2.61 bits per heavy atom. The Kier molecular flexibility index (Phi) is 5.29. The van der Waals surface area contributed by atoms with Gasteiger partial charge in [-0.3, -0.25) is 4.72 Å². The van der Waals surface area contributed by atoms with E-state index in [1.807, 2.05) is 6.92 Å². The van der Waals surface area contributed by atoms with Crippen molar-refractivity contribution in [2.75, 3.05) is 30.1 Å². The van der Waals surface area contributed by atoms with Crippen LogP contribution in [0.25, 0.3) is 0 Å². The standard InChI is InChI=1S/C13H20FN3O4S2/c1-3-22(18,19)16-13-5-4-11(8-12(13)14)23(20,21)17-7-6-15-10(2)9-17/h4-5,8,10,15-16H,3,6-7,9H2,1-2H3. The first-order chi connectivity index (χ1) is 10.7. The zero-order chi connectivity index (χ0) is 17.3. The lowest BCUT2D eigenvalue weighted by atomic mass is 10.3. The van der Waals surface area contributed by atoms with Crippen LogP contribution in [-0.2, 0) is 20.0 Å². The third-order valence-corrected chi connectivity index (χ3v) is 6.71. The summed E-state index contributed by atoms with van der Waals surface area (Å²) in [4.78, 5) is -0.191. The van der Waals surface area contributed by atoms with E-state index in [1.54, 1.807) is 0 Å². The number of piperazine rings is 1. The van der Waals surface area contributed by atoms with Gasteiger partial charge in [-0.1, -0.05) is 0 Å². The van der Waals surface area contributed by atoms with Gasteiger partial charge in [-0.25, -0.2) is 21.2 Å². The summed E-state index contributed by atoms with van der Waals surface area (Å²) >= 11 is 0. The highest BCUT2D eigenvalue weighted by molar-refractivity contribution is 7.92. The highest BCUT2D eigenvalue weighted by Gasteiger charge is 2.29. The molecule has 1 fully saturated rings. The molecule has 10 heteroatoms. The van der Waals surface area contributed by atoms with Gasteiger partial charge in [0.15, 0.2) is 0 Å². The van der Waals surface area contributed by atoms with E-state index in [0.29, 0.717) is 19.6 Å². The molecule has 1 atom stereocenters. The minimum Gasteiger partial charge on any atom is -0.312 e. The highest BCUT2D eigenvalue weighted by atomic mass is 32.2. The number of nitrogens with zero attached hydrogens (tertiary/aromatic N) is 1. The average molecular weight is 365 g/mol. The van der Waals surface area contributed by atoms with Crippen molar-refractivity contribution in [3.8, 4) is 0 Å². The van der Waals surface area contributed by atoms with Gasteiger partial charge in [0.25, 0.3) is 0 Å². The lowest BCUT2D eigenvalue weighted by molar-refractivity contribution is 0.310. The van der Waals surface area contributed by atoms with Gasteiger partial charge < -0.3 is 5.32 Å². The van der Waals surface area contributed by atoms with Crippen molar-refractivity contribution in [3.63, 3.8) is 0 Å². The molecule has 1 heterocycles. The maximum Gasteiger partial charge on any atom is 0.243 e. The summed E-state index contributed by atoms with van der Waals surface area (Å²) in [5.41, 5.74) is -0.264. The number of hydrogen-bond acceptors (Lipinski definition) is 5. The molecule has 0 spiro atoms. The fourth-order valence-corrected chi connectivity index (χ4v) is 4.43. The minimum atomic E-state index is -3.81. The van der Waals surface area contributed by atoms with E-state index in [0.717, 1.165) is 12.1 Å². The Morgan fingerprint density at radius 2 is 2.04 bits per heavy atom. The van der Waals surface area contributed by atoms with Gasteiger partial charge in [-0.15, -0.1) is 0 Å². The lowest BCUT2D eigenvalue weighted by Gasteiger charge is -2.31. The van der Waals surface area contributed by atoms with Crippen LogP contribution in [0, 0.1) is 5.82 Å². The lowest BCUT2D eigenvalue weighted by Crippen LogP contribution is -2.51. The minimum absolute atomic E-state index is 0.0130. The molecular formula is C13H20FN3O4S2. The van der Waals surface area contributed by atoms with E-state index >= 15 is 0 Å². The van der Waals surface area contributed by atoms with Crippen LogP contribution in [-0.4, -0.2) is 52.6 Å². The van der Waals surface area contributed by atoms with Gasteiger partial charge in [-0.2, -0.15) is 4.31 Å². The number of hydrogen-bond donors (Lipinski definition) is 2. The molecule has 1 aromatic rings. The molecule has 0 aromatic heterocycles. The Hall–Kier alpha value is -1.23. The highest BCUT2D eigenvalue weighted by Crippen LogP contribution is 2.23. The maximum atomic E-state index is 14.1. The van der Waals surface area contributed by atoms with Crippen molar-refractivity contribution >= 4 is 25.7 Å². The fraction of sp³-hybridized carbons (Fsp3) is 0.538. The van der Waals surface area contributed by atoms with Crippen LogP contribution in [0.3, 0.4) is 0 Å². The molecule has 1 aliphatic heterocycles. The van der Waals surface area contributed by atoms with Crippen LogP contribution in [0.1, 0.15) is 13.8 Å². The summed E-state index contributed by atoms with van der Waals surface area (Å²) in [5, 5.41) is 3.13. The van der Waals surface area contributed by atoms with Gasteiger partial charge in [-0.05, 0) is 32.0 Å². The van der Waals surface area contributed by atoms with Gasteiger partial charge in [0.05, 0.1) is 16.3 Å². The zero-order valence-electron chi connectivity index (χ0n) is 12.9. The summed E-state index contributed by atoms with van der Waals surface area (Å²) in [7, 11) is -7.44. The molecule has 7 nitrogen and oxygen atoms in total. The van der Waals surface area contributed by atoms with E-state index in [-0.39, 0.29) is 22.4 Å². The SMILES string of the molecule is CCS(=O)(=O)Nc1ccc(S(=O)(=O)N2CCNC(C)C2)cc1F. The number of anilines is 1. The van der Waals surface area contributed by atoms with Crippen molar-refractivity contribution < 1.29 is 21.2 Å². The Bertz CT molecular complexity index is 780. The van der Waals surface area contributed by atoms with Crippen LogP contribution in [0.5, 0.6) is 0 Å². The van der Waals surface area contributed by atoms with Crippen LogP contribution >= 0.6 is 0 Å². The summed E-state index contributed by atoms with van der Waals surface area (Å²) in [6, 6.07) is 3.19. The van der Waals surface area contributed by atoms with E-state index in [9.17, 15) is 21.2 Å². The third kappa shape index (κ3) is 4.19. The Labute approximate surface area is 136 Å². The Morgan fingerprint density at radius 1 is 1.35 bits per heavy atom. The molecule has 0 saturated carbocycles. The summed E-state index contributed by atoms with van der Waals surface area (Å²) in [5.74, 6) is -1.13. The summed E-state index contributed by atoms with van der Waals surface area (Å²) in [6.45, 7) is 4.42. The number of benzene rings is 1. The van der Waals surface area contributed by atoms with E-state index in [4.69, 9.17) is 0 Å². The van der Waals surface area contributed by atoms with E-state index in [2.05, 4.69) is 10.0 Å². The molecule has 1 aliphatic rings. The van der Waals surface area contributed by atoms with Crippen molar-refractivity contribution in [1.82, 2.24) is 9.62 Å². The van der Waals surface area contributed by atoms with Crippen molar-refractivity contribution in [2.45, 2.75) is 24.8 Å². The molecule has 2 rings (SSSR count). The molecular weight excluding hydrogens is 345 g/mol. The average Bonchev–Trinajstić information content (AvgIpc) is 2.49. The summed E-state index contributed by atoms with van der Waals surface area (Å²) in [6.07, 6.45) is 0. The predicted octanol–water partition coefficient (Wildman–Crippen LogP) is 0.570. The van der Waals surface area contributed by atoms with Crippen LogP contribution in [0.15, 0.2) is 23.1 Å². The topological polar surface area (TPSA) is 95.6 Å². The van der Waals surface area contributed by atoms with Crippen molar-refractivity contribution in [2.24, 2.45) is 0 Å². The first-order valence-electron chi connectivity index (χ1n) is 7.19. The van der Waals surface area contributed by atoms with E-state index < -0.39 is 25.9 Å². The van der Waals surface area contributed by atoms with Gasteiger partial charge >= 0.3 is 0 Å². The number of nitrogens with one attached hydrogen (secondary N) is 2. The molecule has 0 radical (unpaired) electrons. The van der Waals surface area contributed by atoms with Crippen LogP contribution in [0.2, 0.25) is 0 Å². The molecule has 1 unspecified atom stereocenters. The van der Waals surface area contributed by atoms with E-state index in [1.165, 1.54) is 17.3 Å². The molecule has 23 heavy (non-hydrogen) atoms. The monoisotopic (exact) mass is 365 g/mol. The van der Waals surface area contributed by atoms with Gasteiger partial charge in [0, 0.05) is 25.7 Å². The quantitative estimate of drug-likeness (QED) is 0.795. The molecule has 1 saturated heterocycles. The molecule has 0 amide bonds. The maximum absolute atomic E-state index is 14.1. The molecule has 0 aliphatic carbocycles. The normalized spacial score (nSPS) is 20.4. The summed E-state index contributed by atoms with van der Waals surface area (Å²) < 4.78 is 65.5. The van der Waals surface area contributed by atoms with Crippen LogP contribution < -0.4 is 10.0 Å². The second kappa shape index (κ2) is 6.71. The van der Waals surface area contributed by atoms with Crippen LogP contribution in [0.4, 0.5) is 10.1 Å². The number of sulfonamides is 2. The Balaban J connectivity index is 2.29. The first-order valence-corrected chi connectivity index (χ1v) is 10.3.